The van der Waals surface area contributed by atoms with Crippen molar-refractivity contribution in [2.24, 2.45) is 5.92 Å². The molecule has 36 heavy (non-hydrogen) atoms. The molecule has 0 radical (unpaired) electrons. The molecule has 1 aliphatic carbocycles. The number of halogens is 2. The standard InChI is InChI=1S/C29H33F2N3O2/c30-21-7-10-28(26(31)19-21)36-23-13-17-34(18-14-23)16-12-20-5-8-22(9-6-20)33-29(35)25-11-15-32-27-4-2-1-3-24(25)27/h1-4,7,10-11,15,19-20,22-23H,5-6,8-9,12-14,16-18H2,(H,33,35). The molecule has 0 spiro atoms. The summed E-state index contributed by atoms with van der Waals surface area (Å²) in [4.78, 5) is 19.7. The highest BCUT2D eigenvalue weighted by atomic mass is 19.1. The summed E-state index contributed by atoms with van der Waals surface area (Å²) in [5.41, 5.74) is 1.53. The van der Waals surface area contributed by atoms with E-state index in [1.54, 1.807) is 12.3 Å². The van der Waals surface area contributed by atoms with Gasteiger partial charge in [-0.25, -0.2) is 8.78 Å². The van der Waals surface area contributed by atoms with Crippen molar-refractivity contribution in [3.05, 3.63) is 71.9 Å². The Morgan fingerprint density at radius 3 is 2.56 bits per heavy atom. The Bertz CT molecular complexity index is 1180. The maximum Gasteiger partial charge on any atom is 0.252 e. The lowest BCUT2D eigenvalue weighted by Crippen LogP contribution is -2.40. The zero-order chi connectivity index (χ0) is 24.9. The van der Waals surface area contributed by atoms with Gasteiger partial charge < -0.3 is 15.0 Å². The average molecular weight is 494 g/mol. The summed E-state index contributed by atoms with van der Waals surface area (Å²) in [5.74, 6) is -0.424. The van der Waals surface area contributed by atoms with Crippen molar-refractivity contribution in [2.45, 2.75) is 57.1 Å². The number of rotatable bonds is 7. The van der Waals surface area contributed by atoms with Crippen LogP contribution in [0.25, 0.3) is 10.9 Å². The van der Waals surface area contributed by atoms with Crippen LogP contribution in [0.15, 0.2) is 54.7 Å². The zero-order valence-corrected chi connectivity index (χ0v) is 20.5. The second-order valence-electron chi connectivity index (χ2n) is 10.1. The molecule has 1 aromatic heterocycles. The molecule has 1 saturated heterocycles. The van der Waals surface area contributed by atoms with Crippen molar-refractivity contribution in [3.63, 3.8) is 0 Å². The van der Waals surface area contributed by atoms with Gasteiger partial charge in [-0.15, -0.1) is 0 Å². The van der Waals surface area contributed by atoms with Gasteiger partial charge >= 0.3 is 0 Å². The van der Waals surface area contributed by atoms with Crippen LogP contribution in [0, 0.1) is 17.6 Å². The van der Waals surface area contributed by atoms with Crippen LogP contribution in [-0.4, -0.2) is 47.6 Å². The number of nitrogens with one attached hydrogen (secondary N) is 1. The molecule has 190 valence electrons. The highest BCUT2D eigenvalue weighted by Gasteiger charge is 2.26. The predicted molar refractivity (Wildman–Crippen MR) is 136 cm³/mol. The minimum atomic E-state index is -0.640. The van der Waals surface area contributed by atoms with E-state index in [9.17, 15) is 13.6 Å². The van der Waals surface area contributed by atoms with Crippen LogP contribution in [0.4, 0.5) is 8.78 Å². The minimum Gasteiger partial charge on any atom is -0.487 e. The number of para-hydroxylation sites is 1. The third-order valence-corrected chi connectivity index (χ3v) is 7.65. The topological polar surface area (TPSA) is 54.5 Å². The van der Waals surface area contributed by atoms with E-state index in [4.69, 9.17) is 4.74 Å². The maximum absolute atomic E-state index is 13.9. The highest BCUT2D eigenvalue weighted by Crippen LogP contribution is 2.29. The maximum atomic E-state index is 13.9. The molecule has 2 aromatic carbocycles. The number of likely N-dealkylation sites (tertiary alicyclic amines) is 1. The van der Waals surface area contributed by atoms with Crippen LogP contribution >= 0.6 is 0 Å². The predicted octanol–water partition coefficient (Wildman–Crippen LogP) is 5.74. The number of hydrogen-bond donors (Lipinski definition) is 1. The number of benzene rings is 2. The van der Waals surface area contributed by atoms with Crippen LogP contribution in [0.2, 0.25) is 0 Å². The number of fused-ring (bicyclic) bond motifs is 1. The van der Waals surface area contributed by atoms with Crippen LogP contribution in [0.1, 0.15) is 55.3 Å². The zero-order valence-electron chi connectivity index (χ0n) is 20.5. The molecule has 2 aliphatic rings. The summed E-state index contributed by atoms with van der Waals surface area (Å²) in [6.07, 6.45) is 8.81. The number of hydrogen-bond acceptors (Lipinski definition) is 4. The summed E-state index contributed by atoms with van der Waals surface area (Å²) < 4.78 is 32.7. The number of amides is 1. The van der Waals surface area contributed by atoms with Gasteiger partial charge in [0.2, 0.25) is 0 Å². The van der Waals surface area contributed by atoms with Crippen molar-refractivity contribution >= 4 is 16.8 Å². The second-order valence-corrected chi connectivity index (χ2v) is 10.1. The molecule has 2 fully saturated rings. The minimum absolute atomic E-state index is 0.0114. The van der Waals surface area contributed by atoms with Gasteiger partial charge in [0.1, 0.15) is 11.9 Å². The number of aromatic nitrogens is 1. The van der Waals surface area contributed by atoms with Crippen molar-refractivity contribution < 1.29 is 18.3 Å². The molecule has 7 heteroatoms. The second kappa shape index (κ2) is 11.3. The molecule has 1 amide bonds. The lowest BCUT2D eigenvalue weighted by Gasteiger charge is -2.34. The summed E-state index contributed by atoms with van der Waals surface area (Å²) in [5, 5.41) is 4.14. The Hall–Kier alpha value is -3.06. The Labute approximate surface area is 210 Å². The SMILES string of the molecule is O=C(NC1CCC(CCN2CCC(Oc3ccc(F)cc3F)CC2)CC1)c1ccnc2ccccc12. The molecule has 0 bridgehead atoms. The van der Waals surface area contributed by atoms with Crippen molar-refractivity contribution in [1.82, 2.24) is 15.2 Å². The van der Waals surface area contributed by atoms with E-state index in [2.05, 4.69) is 15.2 Å². The Morgan fingerprint density at radius 1 is 1.00 bits per heavy atom. The number of carbonyl (C=O) groups excluding carboxylic acids is 1. The Morgan fingerprint density at radius 2 is 1.78 bits per heavy atom. The molecule has 5 nitrogen and oxygen atoms in total. The van der Waals surface area contributed by atoms with Crippen LogP contribution in [-0.2, 0) is 0 Å². The van der Waals surface area contributed by atoms with Gasteiger partial charge in [0.15, 0.2) is 11.6 Å². The van der Waals surface area contributed by atoms with Gasteiger partial charge in [-0.3, -0.25) is 9.78 Å². The third kappa shape index (κ3) is 6.01. The molecule has 3 aromatic rings. The first kappa shape index (κ1) is 24.6. The fourth-order valence-electron chi connectivity index (χ4n) is 5.52. The van der Waals surface area contributed by atoms with Gasteiger partial charge in [-0.05, 0) is 81.7 Å². The fourth-order valence-corrected chi connectivity index (χ4v) is 5.52. The first-order valence-corrected chi connectivity index (χ1v) is 13.0. The lowest BCUT2D eigenvalue weighted by molar-refractivity contribution is 0.0887. The van der Waals surface area contributed by atoms with Crippen LogP contribution in [0.5, 0.6) is 5.75 Å². The van der Waals surface area contributed by atoms with E-state index in [1.807, 2.05) is 24.3 Å². The summed E-state index contributed by atoms with van der Waals surface area (Å²) in [6.45, 7) is 2.92. The van der Waals surface area contributed by atoms with Crippen molar-refractivity contribution in [1.29, 1.82) is 0 Å². The molecule has 2 heterocycles. The molecular weight excluding hydrogens is 460 g/mol. The van der Waals surface area contributed by atoms with Gasteiger partial charge in [-0.1, -0.05) is 18.2 Å². The molecule has 5 rings (SSSR count). The monoisotopic (exact) mass is 493 g/mol. The summed E-state index contributed by atoms with van der Waals surface area (Å²) >= 11 is 0. The fraction of sp³-hybridized carbons (Fsp3) is 0.448. The molecule has 0 atom stereocenters. The van der Waals surface area contributed by atoms with E-state index in [1.165, 1.54) is 12.1 Å². The molecule has 1 aliphatic heterocycles. The molecule has 0 unspecified atom stereocenters. The van der Waals surface area contributed by atoms with Crippen LogP contribution in [0.3, 0.4) is 0 Å². The number of nitrogens with zero attached hydrogens (tertiary/aromatic N) is 2. The van der Waals surface area contributed by atoms with Gasteiger partial charge in [0.05, 0.1) is 11.1 Å². The highest BCUT2D eigenvalue weighted by molar-refractivity contribution is 6.06. The number of carbonyl (C=O) groups is 1. The van der Waals surface area contributed by atoms with E-state index in [0.29, 0.717) is 11.5 Å². The Balaban J connectivity index is 1.02. The number of piperidine rings is 1. The Kier molecular flexibility index (Phi) is 7.75. The quantitative estimate of drug-likeness (QED) is 0.456. The van der Waals surface area contributed by atoms with Crippen LogP contribution < -0.4 is 10.1 Å². The summed E-state index contributed by atoms with van der Waals surface area (Å²) in [7, 11) is 0. The van der Waals surface area contributed by atoms with Gasteiger partial charge in [0.25, 0.3) is 5.91 Å². The van der Waals surface area contributed by atoms with E-state index in [-0.39, 0.29) is 23.8 Å². The van der Waals surface area contributed by atoms with Crippen molar-refractivity contribution in [3.8, 4) is 5.75 Å². The summed E-state index contributed by atoms with van der Waals surface area (Å²) in [6, 6.07) is 13.2. The number of pyridine rings is 1. The first-order valence-electron chi connectivity index (χ1n) is 13.0. The van der Waals surface area contributed by atoms with Gasteiger partial charge in [0, 0.05) is 36.8 Å². The lowest BCUT2D eigenvalue weighted by atomic mass is 9.83. The molecule has 1 N–H and O–H groups in total. The largest absolute Gasteiger partial charge is 0.487 e. The molecule has 1 saturated carbocycles. The molecular formula is C29H33F2N3O2. The van der Waals surface area contributed by atoms with E-state index < -0.39 is 11.6 Å². The average Bonchev–Trinajstić information content (AvgIpc) is 2.90. The van der Waals surface area contributed by atoms with E-state index >= 15 is 0 Å². The van der Waals surface area contributed by atoms with E-state index in [0.717, 1.165) is 81.5 Å². The number of ether oxygens (including phenoxy) is 1. The van der Waals surface area contributed by atoms with Crippen molar-refractivity contribution in [2.75, 3.05) is 19.6 Å². The first-order chi connectivity index (χ1) is 17.5. The van der Waals surface area contributed by atoms with Gasteiger partial charge in [-0.2, -0.15) is 0 Å². The third-order valence-electron chi connectivity index (χ3n) is 7.65. The normalized spacial score (nSPS) is 21.4. The smallest absolute Gasteiger partial charge is 0.252 e.